The summed E-state index contributed by atoms with van der Waals surface area (Å²) in [6.07, 6.45) is 2.54. The van der Waals surface area contributed by atoms with Crippen molar-refractivity contribution >= 4 is 11.8 Å². The molecule has 0 bridgehead atoms. The normalized spacial score (nSPS) is 25.8. The van der Waals surface area contributed by atoms with Gasteiger partial charge in [0.05, 0.1) is 0 Å². The van der Waals surface area contributed by atoms with E-state index in [9.17, 15) is 14.0 Å². The summed E-state index contributed by atoms with van der Waals surface area (Å²) >= 11 is 0. The number of fused-ring (bicyclic) bond motifs is 2. The van der Waals surface area contributed by atoms with Crippen molar-refractivity contribution in [3.05, 3.63) is 52.6 Å². The first-order chi connectivity index (χ1) is 14.0. The summed E-state index contributed by atoms with van der Waals surface area (Å²) in [6.45, 7) is 4.06. The molecule has 3 heterocycles. The second-order valence-corrected chi connectivity index (χ2v) is 8.64. The standard InChI is InChI=1S/C22H25FN4O2/c1-13(28)26-7-6-20-18(12-26)21(25-24-20)22(29)27-10-15-8-14(9-16(15)11-27)17-4-2-3-5-19(17)23/h2-5,14-16H,6-12H2,1H3,(H,24,25)/t14-,15-,16+. The van der Waals surface area contributed by atoms with E-state index >= 15 is 0 Å². The van der Waals surface area contributed by atoms with Crippen molar-refractivity contribution in [2.24, 2.45) is 11.8 Å². The Labute approximate surface area is 169 Å². The largest absolute Gasteiger partial charge is 0.338 e. The van der Waals surface area contributed by atoms with E-state index in [0.717, 1.165) is 29.7 Å². The molecule has 1 aliphatic carbocycles. The molecule has 5 rings (SSSR count). The Balaban J connectivity index is 1.28. The number of nitrogens with zero attached hydrogens (tertiary/aromatic N) is 3. The summed E-state index contributed by atoms with van der Waals surface area (Å²) in [5, 5.41) is 7.30. The SMILES string of the molecule is CC(=O)N1CCc2[nH]nc(C(=O)N3C[C@H]4C[C@@H](c5ccccc5F)C[C@H]4C3)c2C1. The molecule has 2 aliphatic heterocycles. The Morgan fingerprint density at radius 2 is 1.86 bits per heavy atom. The van der Waals surface area contributed by atoms with Crippen LogP contribution in [-0.2, 0) is 17.8 Å². The summed E-state index contributed by atoms with van der Waals surface area (Å²) in [5.74, 6) is 0.906. The summed E-state index contributed by atoms with van der Waals surface area (Å²) in [5.41, 5.74) is 3.09. The van der Waals surface area contributed by atoms with Gasteiger partial charge >= 0.3 is 0 Å². The minimum absolute atomic E-state index is 0.0186. The number of likely N-dealkylation sites (tertiary alicyclic amines) is 1. The van der Waals surface area contributed by atoms with Crippen LogP contribution in [0.5, 0.6) is 0 Å². The Morgan fingerprint density at radius 3 is 2.55 bits per heavy atom. The van der Waals surface area contributed by atoms with E-state index in [4.69, 9.17) is 0 Å². The number of rotatable bonds is 2. The van der Waals surface area contributed by atoms with Gasteiger partial charge in [-0.3, -0.25) is 14.7 Å². The van der Waals surface area contributed by atoms with Gasteiger partial charge in [0, 0.05) is 50.8 Å². The van der Waals surface area contributed by atoms with Crippen LogP contribution in [0, 0.1) is 17.7 Å². The maximum atomic E-state index is 14.2. The summed E-state index contributed by atoms with van der Waals surface area (Å²) in [7, 11) is 0. The van der Waals surface area contributed by atoms with Crippen LogP contribution in [0.25, 0.3) is 0 Å². The second kappa shape index (κ2) is 6.97. The van der Waals surface area contributed by atoms with Crippen molar-refractivity contribution in [1.82, 2.24) is 20.0 Å². The maximum Gasteiger partial charge on any atom is 0.274 e. The molecule has 0 radical (unpaired) electrons. The van der Waals surface area contributed by atoms with Gasteiger partial charge in [0.25, 0.3) is 5.91 Å². The molecule has 6 nitrogen and oxygen atoms in total. The minimum Gasteiger partial charge on any atom is -0.338 e. The fraction of sp³-hybridized carbons (Fsp3) is 0.500. The monoisotopic (exact) mass is 396 g/mol. The van der Waals surface area contributed by atoms with Crippen LogP contribution in [0.2, 0.25) is 0 Å². The molecule has 1 aromatic carbocycles. The molecule has 1 aromatic heterocycles. The molecule has 3 aliphatic rings. The third kappa shape index (κ3) is 3.12. The number of hydrogen-bond donors (Lipinski definition) is 1. The number of halogens is 1. The molecule has 1 saturated carbocycles. The Hall–Kier alpha value is -2.70. The number of benzene rings is 1. The molecule has 3 atom stereocenters. The van der Waals surface area contributed by atoms with Crippen LogP contribution in [0.15, 0.2) is 24.3 Å². The molecular weight excluding hydrogens is 371 g/mol. The van der Waals surface area contributed by atoms with Crippen molar-refractivity contribution in [2.45, 2.75) is 38.6 Å². The van der Waals surface area contributed by atoms with E-state index in [1.54, 1.807) is 17.9 Å². The van der Waals surface area contributed by atoms with E-state index in [-0.39, 0.29) is 23.5 Å². The molecule has 29 heavy (non-hydrogen) atoms. The predicted octanol–water partition coefficient (Wildman–Crippen LogP) is 2.72. The van der Waals surface area contributed by atoms with Gasteiger partial charge in [-0.1, -0.05) is 18.2 Å². The zero-order valence-corrected chi connectivity index (χ0v) is 16.5. The lowest BCUT2D eigenvalue weighted by Gasteiger charge is -2.26. The fourth-order valence-electron chi connectivity index (χ4n) is 5.42. The average Bonchev–Trinajstić information content (AvgIpc) is 3.40. The van der Waals surface area contributed by atoms with Gasteiger partial charge in [-0.15, -0.1) is 0 Å². The lowest BCUT2D eigenvalue weighted by molar-refractivity contribution is -0.129. The second-order valence-electron chi connectivity index (χ2n) is 8.64. The zero-order chi connectivity index (χ0) is 20.1. The van der Waals surface area contributed by atoms with E-state index in [1.807, 2.05) is 17.0 Å². The smallest absolute Gasteiger partial charge is 0.274 e. The first kappa shape index (κ1) is 18.3. The molecule has 2 amide bonds. The van der Waals surface area contributed by atoms with Crippen LogP contribution >= 0.6 is 0 Å². The van der Waals surface area contributed by atoms with E-state index < -0.39 is 0 Å². The number of nitrogens with one attached hydrogen (secondary N) is 1. The third-order valence-electron chi connectivity index (χ3n) is 6.96. The highest BCUT2D eigenvalue weighted by molar-refractivity contribution is 5.94. The first-order valence-corrected chi connectivity index (χ1v) is 10.4. The van der Waals surface area contributed by atoms with Crippen molar-refractivity contribution in [1.29, 1.82) is 0 Å². The molecule has 2 fully saturated rings. The zero-order valence-electron chi connectivity index (χ0n) is 16.5. The van der Waals surface area contributed by atoms with Gasteiger partial charge in [-0.05, 0) is 42.2 Å². The highest BCUT2D eigenvalue weighted by Crippen LogP contribution is 2.47. The van der Waals surface area contributed by atoms with Crippen LogP contribution in [0.1, 0.15) is 53.0 Å². The van der Waals surface area contributed by atoms with Crippen LogP contribution in [0.3, 0.4) is 0 Å². The highest BCUT2D eigenvalue weighted by atomic mass is 19.1. The fourth-order valence-corrected chi connectivity index (χ4v) is 5.42. The molecular formula is C22H25FN4O2. The predicted molar refractivity (Wildman–Crippen MR) is 105 cm³/mol. The first-order valence-electron chi connectivity index (χ1n) is 10.4. The highest BCUT2D eigenvalue weighted by Gasteiger charge is 2.44. The number of carbonyl (C=O) groups excluding carboxylic acids is 2. The number of amides is 2. The topological polar surface area (TPSA) is 69.3 Å². The summed E-state index contributed by atoms with van der Waals surface area (Å²) < 4.78 is 14.2. The number of hydrogen-bond acceptors (Lipinski definition) is 3. The lowest BCUT2D eigenvalue weighted by Crippen LogP contribution is -2.36. The van der Waals surface area contributed by atoms with Gasteiger partial charge in [0.2, 0.25) is 5.91 Å². The molecule has 1 N–H and O–H groups in total. The van der Waals surface area contributed by atoms with E-state index in [2.05, 4.69) is 10.2 Å². The number of carbonyl (C=O) groups is 2. The Kier molecular flexibility index (Phi) is 4.41. The molecule has 0 unspecified atom stereocenters. The van der Waals surface area contributed by atoms with Crippen LogP contribution in [-0.4, -0.2) is 51.4 Å². The van der Waals surface area contributed by atoms with Crippen LogP contribution in [0.4, 0.5) is 4.39 Å². The Morgan fingerprint density at radius 1 is 1.14 bits per heavy atom. The number of H-pyrrole nitrogens is 1. The molecule has 7 heteroatoms. The molecule has 1 saturated heterocycles. The van der Waals surface area contributed by atoms with Gasteiger partial charge in [0.15, 0.2) is 5.69 Å². The maximum absolute atomic E-state index is 14.2. The van der Waals surface area contributed by atoms with Crippen molar-refractivity contribution < 1.29 is 14.0 Å². The van der Waals surface area contributed by atoms with E-state index in [0.29, 0.717) is 50.1 Å². The molecule has 2 aromatic rings. The van der Waals surface area contributed by atoms with Crippen molar-refractivity contribution in [3.63, 3.8) is 0 Å². The van der Waals surface area contributed by atoms with Crippen LogP contribution < -0.4 is 0 Å². The molecule has 152 valence electrons. The quantitative estimate of drug-likeness (QED) is 0.849. The third-order valence-corrected chi connectivity index (χ3v) is 6.96. The summed E-state index contributed by atoms with van der Waals surface area (Å²) in [6, 6.07) is 7.05. The van der Waals surface area contributed by atoms with Crippen molar-refractivity contribution in [2.75, 3.05) is 19.6 Å². The number of aromatic nitrogens is 2. The average molecular weight is 396 g/mol. The number of aromatic amines is 1. The molecule has 0 spiro atoms. The summed E-state index contributed by atoms with van der Waals surface area (Å²) in [4.78, 5) is 28.6. The van der Waals surface area contributed by atoms with Gasteiger partial charge < -0.3 is 9.80 Å². The van der Waals surface area contributed by atoms with Gasteiger partial charge in [0.1, 0.15) is 5.82 Å². The Bertz CT molecular complexity index is 957. The van der Waals surface area contributed by atoms with Gasteiger partial charge in [-0.2, -0.15) is 5.10 Å². The minimum atomic E-state index is -0.122. The lowest BCUT2D eigenvalue weighted by atomic mass is 9.95. The van der Waals surface area contributed by atoms with E-state index in [1.165, 1.54) is 6.07 Å². The van der Waals surface area contributed by atoms with Gasteiger partial charge in [-0.25, -0.2) is 4.39 Å². The van der Waals surface area contributed by atoms with Crippen molar-refractivity contribution in [3.8, 4) is 0 Å².